The molecule has 1 aromatic rings. The van der Waals surface area contributed by atoms with Crippen molar-refractivity contribution < 1.29 is 13.2 Å². The number of hydrazone groups is 1. The average Bonchev–Trinajstić information content (AvgIpc) is 2.30. The van der Waals surface area contributed by atoms with Crippen LogP contribution in [0.5, 0.6) is 0 Å². The Labute approximate surface area is 94.8 Å². The van der Waals surface area contributed by atoms with Crippen LogP contribution in [0.4, 0.5) is 18.9 Å². The summed E-state index contributed by atoms with van der Waals surface area (Å²) in [5, 5.41) is 19.4. The molecule has 0 aliphatic heterocycles. The smallest absolute Gasteiger partial charge is 0.190 e. The monoisotopic (exact) mass is 238 g/mol. The molecular weight excluding hydrogens is 233 g/mol. The Morgan fingerprint density at radius 1 is 1.12 bits per heavy atom. The topological polar surface area (TPSA) is 63.2 Å². The number of anilines is 1. The average molecular weight is 238 g/mol. The van der Waals surface area contributed by atoms with Gasteiger partial charge in [0.1, 0.15) is 12.1 Å². The van der Waals surface area contributed by atoms with Crippen LogP contribution in [0.3, 0.4) is 0 Å². The second-order valence-electron chi connectivity index (χ2n) is 2.79. The van der Waals surface area contributed by atoms with E-state index >= 15 is 0 Å². The van der Waals surface area contributed by atoms with Gasteiger partial charge in [0.05, 0.1) is 5.69 Å². The van der Waals surface area contributed by atoms with Gasteiger partial charge in [-0.2, -0.15) is 15.5 Å². The lowest BCUT2D eigenvalue weighted by molar-refractivity contribution is -0.129. The molecule has 0 saturated heterocycles. The molecule has 0 bridgehead atoms. The van der Waals surface area contributed by atoms with E-state index in [4.69, 9.17) is 10.5 Å². The molecule has 0 amide bonds. The molecule has 0 radical (unpaired) electrons. The Hall–Kier alpha value is -2.54. The van der Waals surface area contributed by atoms with E-state index in [1.165, 1.54) is 42.5 Å². The lowest BCUT2D eigenvalue weighted by Crippen LogP contribution is -2.34. The fraction of sp³-hybridized carbons (Fsp3) is 0.100. The number of hydrogen-bond donors (Lipinski definition) is 0. The molecule has 1 aromatic carbocycles. The Morgan fingerprint density at radius 2 is 1.65 bits per heavy atom. The lowest BCUT2D eigenvalue weighted by atomic mass is 10.3. The Balaban J connectivity index is 3.22. The Bertz CT molecular complexity index is 477. The highest BCUT2D eigenvalue weighted by atomic mass is 19.4. The van der Waals surface area contributed by atoms with Gasteiger partial charge in [0.15, 0.2) is 0 Å². The van der Waals surface area contributed by atoms with Crippen LogP contribution < -0.4 is 5.01 Å². The van der Waals surface area contributed by atoms with Crippen molar-refractivity contribution in [2.45, 2.75) is 6.30 Å². The third kappa shape index (κ3) is 3.21. The van der Waals surface area contributed by atoms with E-state index in [1.54, 1.807) is 0 Å². The summed E-state index contributed by atoms with van der Waals surface area (Å²) in [5.74, 6) is 0. The van der Waals surface area contributed by atoms with Gasteiger partial charge in [-0.15, -0.1) is 18.3 Å². The van der Waals surface area contributed by atoms with Crippen molar-refractivity contribution in [3.05, 3.63) is 30.3 Å². The van der Waals surface area contributed by atoms with Gasteiger partial charge in [-0.3, -0.25) is 0 Å². The molecule has 0 unspecified atom stereocenters. The van der Waals surface area contributed by atoms with Gasteiger partial charge in [-0.1, -0.05) is 18.2 Å². The van der Waals surface area contributed by atoms with E-state index in [0.29, 0.717) is 0 Å². The highest BCUT2D eigenvalue weighted by Gasteiger charge is 2.38. The lowest BCUT2D eigenvalue weighted by Gasteiger charge is -2.21. The Morgan fingerprint density at radius 3 is 2.06 bits per heavy atom. The summed E-state index contributed by atoms with van der Waals surface area (Å²) in [7, 11) is 0. The van der Waals surface area contributed by atoms with E-state index in [1.807, 2.05) is 0 Å². The molecule has 86 valence electrons. The number of rotatable bonds is 2. The molecule has 4 nitrogen and oxygen atoms in total. The van der Waals surface area contributed by atoms with E-state index < -0.39 is 12.0 Å². The highest BCUT2D eigenvalue weighted by Crippen LogP contribution is 2.28. The zero-order valence-corrected chi connectivity index (χ0v) is 8.31. The first-order valence-corrected chi connectivity index (χ1v) is 4.30. The molecule has 7 heteroatoms. The number of alkyl halides is 3. The number of halogens is 3. The van der Waals surface area contributed by atoms with Crippen molar-refractivity contribution in [2.24, 2.45) is 5.10 Å². The first-order valence-electron chi connectivity index (χ1n) is 4.30. The van der Waals surface area contributed by atoms with E-state index in [-0.39, 0.29) is 10.7 Å². The molecular formula is C10H5F3N4. The van der Waals surface area contributed by atoms with Crippen LogP contribution >= 0.6 is 0 Å². The molecule has 17 heavy (non-hydrogen) atoms. The van der Waals surface area contributed by atoms with Gasteiger partial charge in [0, 0.05) is 0 Å². The maximum absolute atomic E-state index is 12.6. The van der Waals surface area contributed by atoms with Gasteiger partial charge in [-0.25, -0.2) is 0 Å². The third-order valence-corrected chi connectivity index (χ3v) is 1.65. The zero-order chi connectivity index (χ0) is 12.9. The van der Waals surface area contributed by atoms with Crippen LogP contribution in [0.1, 0.15) is 0 Å². The van der Waals surface area contributed by atoms with Crippen molar-refractivity contribution in [3.8, 4) is 12.1 Å². The van der Waals surface area contributed by atoms with Crippen LogP contribution in [-0.2, 0) is 0 Å². The number of para-hydroxylation sites is 1. The summed E-state index contributed by atoms with van der Waals surface area (Å²) in [6.45, 7) is 0. The summed E-state index contributed by atoms with van der Waals surface area (Å²) in [5.41, 5.74) is -1.14. The van der Waals surface area contributed by atoms with Gasteiger partial charge in [0.25, 0.3) is 0 Å². The molecule has 0 atom stereocenters. The van der Waals surface area contributed by atoms with Crippen molar-refractivity contribution in [1.29, 1.82) is 10.5 Å². The number of nitrogens with zero attached hydrogens (tertiary/aromatic N) is 4. The van der Waals surface area contributed by atoms with Crippen molar-refractivity contribution >= 4 is 11.4 Å². The van der Waals surface area contributed by atoms with Crippen LogP contribution in [0.15, 0.2) is 35.4 Å². The van der Waals surface area contributed by atoms with Crippen LogP contribution in [-0.4, -0.2) is 12.0 Å². The largest absolute Gasteiger partial charge is 0.505 e. The first kappa shape index (κ1) is 12.5. The minimum Gasteiger partial charge on any atom is -0.190 e. The zero-order valence-electron chi connectivity index (χ0n) is 8.31. The summed E-state index contributed by atoms with van der Waals surface area (Å²) < 4.78 is 37.9. The number of nitriles is 2. The quantitative estimate of drug-likeness (QED) is 0.451. The summed E-state index contributed by atoms with van der Waals surface area (Å²) >= 11 is 0. The molecule has 0 aliphatic carbocycles. The molecule has 0 aromatic heterocycles. The van der Waals surface area contributed by atoms with Crippen molar-refractivity contribution in [3.63, 3.8) is 0 Å². The SMILES string of the molecule is N#CC(C#N)=NN(c1ccccc1)C(F)(F)F. The van der Waals surface area contributed by atoms with Gasteiger partial charge >= 0.3 is 6.30 Å². The molecule has 0 heterocycles. The van der Waals surface area contributed by atoms with Crippen molar-refractivity contribution in [1.82, 2.24) is 0 Å². The van der Waals surface area contributed by atoms with E-state index in [9.17, 15) is 13.2 Å². The molecule has 0 fully saturated rings. The normalized spacial score (nSPS) is 9.94. The molecule has 1 rings (SSSR count). The summed E-state index contributed by atoms with van der Waals surface area (Å²) in [6.07, 6.45) is -4.81. The van der Waals surface area contributed by atoms with Crippen LogP contribution in [0.25, 0.3) is 0 Å². The second-order valence-corrected chi connectivity index (χ2v) is 2.79. The standard InChI is InChI=1S/C10H5F3N4/c11-10(12,13)17(16-8(6-14)7-15)9-4-2-1-3-5-9/h1-5H. The van der Waals surface area contributed by atoms with Gasteiger partial charge < -0.3 is 0 Å². The minimum absolute atomic E-state index is 0.275. The van der Waals surface area contributed by atoms with Crippen LogP contribution in [0, 0.1) is 22.7 Å². The van der Waals surface area contributed by atoms with Gasteiger partial charge in [0.2, 0.25) is 5.71 Å². The maximum atomic E-state index is 12.6. The molecule has 0 aliphatic rings. The Kier molecular flexibility index (Phi) is 3.68. The predicted octanol–water partition coefficient (Wildman–Crippen LogP) is 2.42. The molecule has 0 N–H and O–H groups in total. The summed E-state index contributed by atoms with van der Waals surface area (Å²) in [6, 6.07) is 9.20. The summed E-state index contributed by atoms with van der Waals surface area (Å²) in [4.78, 5) is 0. The van der Waals surface area contributed by atoms with E-state index in [2.05, 4.69) is 5.10 Å². The van der Waals surface area contributed by atoms with Crippen LogP contribution in [0.2, 0.25) is 0 Å². The fourth-order valence-electron chi connectivity index (χ4n) is 1.000. The fourth-order valence-corrected chi connectivity index (χ4v) is 1.000. The third-order valence-electron chi connectivity index (χ3n) is 1.65. The minimum atomic E-state index is -4.81. The second kappa shape index (κ2) is 4.99. The number of benzene rings is 1. The highest BCUT2D eigenvalue weighted by molar-refractivity contribution is 6.10. The van der Waals surface area contributed by atoms with E-state index in [0.717, 1.165) is 0 Å². The first-order chi connectivity index (χ1) is 7.99. The maximum Gasteiger partial charge on any atom is 0.505 e. The number of hydrogen-bond acceptors (Lipinski definition) is 4. The van der Waals surface area contributed by atoms with Gasteiger partial charge in [-0.05, 0) is 12.1 Å². The van der Waals surface area contributed by atoms with Crippen molar-refractivity contribution in [2.75, 3.05) is 5.01 Å². The predicted molar refractivity (Wildman–Crippen MR) is 53.6 cm³/mol. The molecule has 0 saturated carbocycles. The molecule has 0 spiro atoms.